The van der Waals surface area contributed by atoms with Gasteiger partial charge < -0.3 is 9.73 Å². The van der Waals surface area contributed by atoms with Crippen LogP contribution in [0.1, 0.15) is 43.4 Å². The number of rotatable bonds is 5. The third-order valence-electron chi connectivity index (χ3n) is 2.28. The summed E-state index contributed by atoms with van der Waals surface area (Å²) in [5, 5.41) is 2.72. The van der Waals surface area contributed by atoms with Crippen molar-refractivity contribution in [3.63, 3.8) is 0 Å². The lowest BCUT2D eigenvalue weighted by Gasteiger charge is -2.03. The van der Waals surface area contributed by atoms with Crippen molar-refractivity contribution in [3.05, 3.63) is 36.1 Å². The van der Waals surface area contributed by atoms with E-state index in [4.69, 9.17) is 4.42 Å². The van der Waals surface area contributed by atoms with Crippen molar-refractivity contribution in [3.8, 4) is 0 Å². The third-order valence-corrected chi connectivity index (χ3v) is 2.28. The first kappa shape index (κ1) is 13.2. The summed E-state index contributed by atoms with van der Waals surface area (Å²) in [7, 11) is 0. The number of nitrogens with zero attached hydrogens (tertiary/aromatic N) is 1. The maximum absolute atomic E-state index is 11.7. The fourth-order valence-corrected chi connectivity index (χ4v) is 1.45. The van der Waals surface area contributed by atoms with Crippen LogP contribution in [0.25, 0.3) is 5.57 Å². The van der Waals surface area contributed by atoms with Crippen molar-refractivity contribution < 1.29 is 9.21 Å². The molecule has 1 amide bonds. The normalized spacial score (nSPS) is 12.1. The van der Waals surface area contributed by atoms with Gasteiger partial charge in [-0.3, -0.25) is 4.79 Å². The summed E-state index contributed by atoms with van der Waals surface area (Å²) in [4.78, 5) is 15.7. The molecule has 1 rings (SSSR count). The largest absolute Gasteiger partial charge is 0.443 e. The van der Waals surface area contributed by atoms with E-state index in [9.17, 15) is 4.79 Å². The molecule has 1 N–H and O–H groups in total. The van der Waals surface area contributed by atoms with Gasteiger partial charge in [0.05, 0.1) is 0 Å². The van der Waals surface area contributed by atoms with Crippen molar-refractivity contribution in [1.82, 2.24) is 10.3 Å². The van der Waals surface area contributed by atoms with Crippen molar-refractivity contribution >= 4 is 11.5 Å². The third kappa shape index (κ3) is 3.31. The van der Waals surface area contributed by atoms with Gasteiger partial charge in [-0.15, -0.1) is 0 Å². The summed E-state index contributed by atoms with van der Waals surface area (Å²) in [5.74, 6) is 0.354. The number of nitrogens with one attached hydrogen (secondary N) is 1. The van der Waals surface area contributed by atoms with Crippen LogP contribution in [0.4, 0.5) is 0 Å². The zero-order valence-electron chi connectivity index (χ0n) is 10.5. The molecule has 4 heteroatoms. The van der Waals surface area contributed by atoms with Crippen LogP contribution in [0.2, 0.25) is 0 Å². The molecule has 0 aromatic carbocycles. The SMILES string of the molecule is C/C=C\C=C(/CC)c1ocnc1C(=O)NCC. The molecule has 0 saturated heterocycles. The molecule has 0 saturated carbocycles. The molecule has 17 heavy (non-hydrogen) atoms. The molecule has 1 aromatic heterocycles. The van der Waals surface area contributed by atoms with E-state index in [0.29, 0.717) is 18.0 Å². The zero-order valence-corrected chi connectivity index (χ0v) is 10.5. The van der Waals surface area contributed by atoms with Crippen molar-refractivity contribution in [2.45, 2.75) is 27.2 Å². The fraction of sp³-hybridized carbons (Fsp3) is 0.385. The smallest absolute Gasteiger partial charge is 0.273 e. The number of oxazole rings is 1. The number of carbonyl (C=O) groups is 1. The van der Waals surface area contributed by atoms with Gasteiger partial charge in [-0.25, -0.2) is 4.98 Å². The van der Waals surface area contributed by atoms with Crippen LogP contribution in [-0.2, 0) is 0 Å². The predicted molar refractivity (Wildman–Crippen MR) is 67.6 cm³/mol. The molecule has 0 spiro atoms. The number of amides is 1. The number of hydrogen-bond donors (Lipinski definition) is 1. The van der Waals surface area contributed by atoms with Crippen molar-refractivity contribution in [1.29, 1.82) is 0 Å². The molecule has 0 unspecified atom stereocenters. The summed E-state index contributed by atoms with van der Waals surface area (Å²) in [6.45, 7) is 6.40. The lowest BCUT2D eigenvalue weighted by atomic mass is 10.1. The zero-order chi connectivity index (χ0) is 12.7. The molecule has 1 heterocycles. The van der Waals surface area contributed by atoms with Crippen LogP contribution in [0, 0.1) is 0 Å². The Morgan fingerprint density at radius 3 is 2.88 bits per heavy atom. The number of allylic oxidation sites excluding steroid dienone is 4. The summed E-state index contributed by atoms with van der Waals surface area (Å²) >= 11 is 0. The molecular formula is C13H18N2O2. The highest BCUT2D eigenvalue weighted by atomic mass is 16.3. The quantitative estimate of drug-likeness (QED) is 0.797. The molecule has 0 aliphatic heterocycles. The average Bonchev–Trinajstić information content (AvgIpc) is 2.80. The number of aromatic nitrogens is 1. The van der Waals surface area contributed by atoms with Crippen LogP contribution < -0.4 is 5.32 Å². The molecule has 0 fully saturated rings. The highest BCUT2D eigenvalue weighted by Crippen LogP contribution is 2.21. The summed E-state index contributed by atoms with van der Waals surface area (Å²) < 4.78 is 5.31. The van der Waals surface area contributed by atoms with Crippen LogP contribution in [0.3, 0.4) is 0 Å². The Labute approximate surface area is 101 Å². The second-order valence-electron chi connectivity index (χ2n) is 3.46. The van der Waals surface area contributed by atoms with E-state index in [1.807, 2.05) is 39.0 Å². The Balaban J connectivity index is 3.05. The topological polar surface area (TPSA) is 55.1 Å². The second kappa shape index (κ2) is 6.68. The van der Waals surface area contributed by atoms with Crippen LogP contribution in [0.5, 0.6) is 0 Å². The molecule has 0 aliphatic carbocycles. The standard InChI is InChI=1S/C13H18N2O2/c1-4-7-8-10(5-2)12-11(15-9-17-12)13(16)14-6-3/h4,7-9H,5-6H2,1-3H3,(H,14,16)/b7-4-,10-8+. The minimum atomic E-state index is -0.198. The van der Waals surface area contributed by atoms with Gasteiger partial charge >= 0.3 is 0 Å². The Kier molecular flexibility index (Phi) is 5.20. The minimum Gasteiger partial charge on any atom is -0.443 e. The van der Waals surface area contributed by atoms with E-state index in [1.54, 1.807) is 0 Å². The van der Waals surface area contributed by atoms with Gasteiger partial charge in [0, 0.05) is 6.54 Å². The number of carbonyl (C=O) groups excluding carboxylic acids is 1. The molecule has 1 aromatic rings. The maximum atomic E-state index is 11.7. The summed E-state index contributed by atoms with van der Waals surface area (Å²) in [6.07, 6.45) is 7.87. The Morgan fingerprint density at radius 1 is 1.53 bits per heavy atom. The van der Waals surface area contributed by atoms with E-state index in [2.05, 4.69) is 10.3 Å². The monoisotopic (exact) mass is 234 g/mol. The van der Waals surface area contributed by atoms with Crippen LogP contribution in [-0.4, -0.2) is 17.4 Å². The lowest BCUT2D eigenvalue weighted by molar-refractivity contribution is 0.0950. The summed E-state index contributed by atoms with van der Waals surface area (Å²) in [5.41, 5.74) is 1.31. The van der Waals surface area contributed by atoms with E-state index in [1.165, 1.54) is 6.39 Å². The first-order valence-corrected chi connectivity index (χ1v) is 5.78. The number of hydrogen-bond acceptors (Lipinski definition) is 3. The van der Waals surface area contributed by atoms with Gasteiger partial charge in [0.15, 0.2) is 17.8 Å². The van der Waals surface area contributed by atoms with E-state index in [-0.39, 0.29) is 5.91 Å². The van der Waals surface area contributed by atoms with Gasteiger partial charge in [-0.2, -0.15) is 0 Å². The highest BCUT2D eigenvalue weighted by molar-refractivity contribution is 5.96. The van der Waals surface area contributed by atoms with Gasteiger partial charge in [0.1, 0.15) is 0 Å². The highest BCUT2D eigenvalue weighted by Gasteiger charge is 2.17. The van der Waals surface area contributed by atoms with Gasteiger partial charge in [0.2, 0.25) is 0 Å². The molecule has 0 bridgehead atoms. The molecular weight excluding hydrogens is 216 g/mol. The Morgan fingerprint density at radius 2 is 2.29 bits per heavy atom. The van der Waals surface area contributed by atoms with Crippen molar-refractivity contribution in [2.24, 2.45) is 0 Å². The molecule has 0 aliphatic rings. The van der Waals surface area contributed by atoms with Crippen LogP contribution in [0.15, 0.2) is 29.0 Å². The molecule has 4 nitrogen and oxygen atoms in total. The van der Waals surface area contributed by atoms with E-state index in [0.717, 1.165) is 12.0 Å². The van der Waals surface area contributed by atoms with Crippen LogP contribution >= 0.6 is 0 Å². The second-order valence-corrected chi connectivity index (χ2v) is 3.46. The van der Waals surface area contributed by atoms with E-state index < -0.39 is 0 Å². The van der Waals surface area contributed by atoms with E-state index >= 15 is 0 Å². The van der Waals surface area contributed by atoms with Gasteiger partial charge in [-0.05, 0) is 25.8 Å². The Hall–Kier alpha value is -1.84. The molecule has 0 atom stereocenters. The first-order chi connectivity index (χ1) is 8.24. The lowest BCUT2D eigenvalue weighted by Crippen LogP contribution is -2.23. The van der Waals surface area contributed by atoms with Gasteiger partial charge in [0.25, 0.3) is 5.91 Å². The fourth-order valence-electron chi connectivity index (χ4n) is 1.45. The average molecular weight is 234 g/mol. The van der Waals surface area contributed by atoms with Crippen molar-refractivity contribution in [2.75, 3.05) is 6.54 Å². The molecule has 92 valence electrons. The summed E-state index contributed by atoms with van der Waals surface area (Å²) in [6, 6.07) is 0. The predicted octanol–water partition coefficient (Wildman–Crippen LogP) is 2.79. The first-order valence-electron chi connectivity index (χ1n) is 5.78. The van der Waals surface area contributed by atoms with Gasteiger partial charge in [-0.1, -0.05) is 25.2 Å². The molecule has 0 radical (unpaired) electrons. The minimum absolute atomic E-state index is 0.198. The maximum Gasteiger partial charge on any atom is 0.273 e. The Bertz CT molecular complexity index is 430.